The fourth-order valence-corrected chi connectivity index (χ4v) is 3.64. The first-order valence-electron chi connectivity index (χ1n) is 10.9. The summed E-state index contributed by atoms with van der Waals surface area (Å²) in [6, 6.07) is 11.7. The maximum absolute atomic E-state index is 12.7. The van der Waals surface area contributed by atoms with Crippen LogP contribution in [0, 0.1) is 6.92 Å². The van der Waals surface area contributed by atoms with Gasteiger partial charge in [0.25, 0.3) is 5.91 Å². The number of hydrogen-bond donors (Lipinski definition) is 0. The summed E-state index contributed by atoms with van der Waals surface area (Å²) in [5, 5.41) is 12.3. The lowest BCUT2D eigenvalue weighted by Gasteiger charge is -2.34. The van der Waals surface area contributed by atoms with Crippen LogP contribution in [0.4, 0.5) is 5.82 Å². The maximum atomic E-state index is 12.7. The van der Waals surface area contributed by atoms with Crippen molar-refractivity contribution in [2.75, 3.05) is 51.7 Å². The van der Waals surface area contributed by atoms with E-state index in [4.69, 9.17) is 4.52 Å². The Hall–Kier alpha value is -3.33. The molecule has 1 aromatic carbocycles. The van der Waals surface area contributed by atoms with Gasteiger partial charge in [-0.1, -0.05) is 35.0 Å². The Morgan fingerprint density at radius 1 is 1.03 bits per heavy atom. The summed E-state index contributed by atoms with van der Waals surface area (Å²) in [4.78, 5) is 23.3. The summed E-state index contributed by atoms with van der Waals surface area (Å²) in [6.07, 6.45) is 1.67. The topological polar surface area (TPSA) is 91.5 Å². The quantitative estimate of drug-likeness (QED) is 0.558. The molecular formula is C23H29N7O2. The molecule has 9 heteroatoms. The molecule has 9 nitrogen and oxygen atoms in total. The second-order valence-corrected chi connectivity index (χ2v) is 8.29. The lowest BCUT2D eigenvalue weighted by Crippen LogP contribution is -2.49. The number of amides is 1. The number of nitrogens with zero attached hydrogens (tertiary/aromatic N) is 7. The van der Waals surface area contributed by atoms with Crippen LogP contribution < -0.4 is 4.90 Å². The van der Waals surface area contributed by atoms with E-state index in [-0.39, 0.29) is 5.91 Å². The Morgan fingerprint density at radius 2 is 1.78 bits per heavy atom. The Bertz CT molecular complexity index is 1020. The highest BCUT2D eigenvalue weighted by molar-refractivity contribution is 5.92. The van der Waals surface area contributed by atoms with Crippen LogP contribution in [0.3, 0.4) is 0 Å². The first-order valence-corrected chi connectivity index (χ1v) is 10.9. The van der Waals surface area contributed by atoms with Crippen LogP contribution in [0.2, 0.25) is 0 Å². The zero-order valence-electron chi connectivity index (χ0n) is 18.9. The van der Waals surface area contributed by atoms with Crippen LogP contribution >= 0.6 is 0 Å². The standard InChI is InChI=1S/C23H29N7O2/c1-17-6-8-18(9-7-17)22-24-21(32-27-22)5-4-12-29-13-15-30(16-14-29)23(31)19-10-11-20(26-25-19)28(2)3/h6-11H,4-5,12-16H2,1-3H3. The highest BCUT2D eigenvalue weighted by Crippen LogP contribution is 2.17. The predicted molar refractivity (Wildman–Crippen MR) is 121 cm³/mol. The van der Waals surface area contributed by atoms with Gasteiger partial charge in [-0.05, 0) is 32.0 Å². The third-order valence-corrected chi connectivity index (χ3v) is 5.63. The van der Waals surface area contributed by atoms with Gasteiger partial charge in [-0.3, -0.25) is 9.69 Å². The molecule has 0 bridgehead atoms. The minimum atomic E-state index is -0.0584. The van der Waals surface area contributed by atoms with Gasteiger partial charge in [0, 0.05) is 52.3 Å². The second kappa shape index (κ2) is 9.86. The lowest BCUT2D eigenvalue weighted by atomic mass is 10.1. The molecule has 168 valence electrons. The van der Waals surface area contributed by atoms with E-state index in [0.29, 0.717) is 30.5 Å². The number of benzene rings is 1. The molecule has 1 aliphatic heterocycles. The highest BCUT2D eigenvalue weighted by Gasteiger charge is 2.23. The number of aromatic nitrogens is 4. The van der Waals surface area contributed by atoms with E-state index in [1.807, 2.05) is 54.2 Å². The second-order valence-electron chi connectivity index (χ2n) is 8.29. The highest BCUT2D eigenvalue weighted by atomic mass is 16.5. The molecule has 32 heavy (non-hydrogen) atoms. The Balaban J connectivity index is 1.21. The largest absolute Gasteiger partial charge is 0.361 e. The Morgan fingerprint density at radius 3 is 2.44 bits per heavy atom. The van der Waals surface area contributed by atoms with Crippen molar-refractivity contribution in [3.05, 3.63) is 53.5 Å². The SMILES string of the molecule is Cc1ccc(-c2noc(CCCN3CCN(C(=O)c4ccc(N(C)C)nn4)CC3)n2)cc1. The molecule has 0 radical (unpaired) electrons. The number of piperazine rings is 1. The van der Waals surface area contributed by atoms with E-state index in [1.165, 1.54) is 5.56 Å². The Kier molecular flexibility index (Phi) is 6.75. The lowest BCUT2D eigenvalue weighted by molar-refractivity contribution is 0.0628. The van der Waals surface area contributed by atoms with E-state index in [0.717, 1.165) is 43.9 Å². The molecule has 1 saturated heterocycles. The van der Waals surface area contributed by atoms with Crippen LogP contribution in [0.5, 0.6) is 0 Å². The third-order valence-electron chi connectivity index (χ3n) is 5.63. The monoisotopic (exact) mass is 435 g/mol. The van der Waals surface area contributed by atoms with Gasteiger partial charge in [0.15, 0.2) is 11.5 Å². The molecule has 0 unspecified atom stereocenters. The fourth-order valence-electron chi connectivity index (χ4n) is 3.64. The number of hydrogen-bond acceptors (Lipinski definition) is 8. The van der Waals surface area contributed by atoms with Crippen LogP contribution in [-0.2, 0) is 6.42 Å². The summed E-state index contributed by atoms with van der Waals surface area (Å²) in [5.74, 6) is 1.97. The van der Waals surface area contributed by atoms with Gasteiger partial charge < -0.3 is 14.3 Å². The van der Waals surface area contributed by atoms with Gasteiger partial charge in [-0.25, -0.2) is 0 Å². The molecule has 0 spiro atoms. The van der Waals surface area contributed by atoms with E-state index in [2.05, 4.69) is 32.2 Å². The number of anilines is 1. The molecule has 3 heterocycles. The van der Waals surface area contributed by atoms with Crippen LogP contribution in [0.15, 0.2) is 40.9 Å². The van der Waals surface area contributed by atoms with Crippen molar-refractivity contribution in [2.45, 2.75) is 19.8 Å². The molecular weight excluding hydrogens is 406 g/mol. The van der Waals surface area contributed by atoms with Crippen molar-refractivity contribution in [3.8, 4) is 11.4 Å². The van der Waals surface area contributed by atoms with Gasteiger partial charge >= 0.3 is 0 Å². The molecule has 3 aromatic rings. The fraction of sp³-hybridized carbons (Fsp3) is 0.435. The van der Waals surface area contributed by atoms with Gasteiger partial charge in [0.2, 0.25) is 11.7 Å². The van der Waals surface area contributed by atoms with Gasteiger partial charge in [0.1, 0.15) is 0 Å². The van der Waals surface area contributed by atoms with Crippen LogP contribution in [0.1, 0.15) is 28.4 Å². The summed E-state index contributed by atoms with van der Waals surface area (Å²) in [5.41, 5.74) is 2.56. The molecule has 0 saturated carbocycles. The molecule has 2 aromatic heterocycles. The normalized spacial score (nSPS) is 14.5. The molecule has 0 atom stereocenters. The number of carbonyl (C=O) groups excluding carboxylic acids is 1. The van der Waals surface area contributed by atoms with Crippen LogP contribution in [-0.4, -0.2) is 82.9 Å². The Labute approximate surface area is 188 Å². The molecule has 1 aliphatic rings. The van der Waals surface area contributed by atoms with Crippen molar-refractivity contribution in [3.63, 3.8) is 0 Å². The van der Waals surface area contributed by atoms with Crippen molar-refractivity contribution in [1.29, 1.82) is 0 Å². The number of aryl methyl sites for hydroxylation is 2. The van der Waals surface area contributed by atoms with Gasteiger partial charge in [-0.2, -0.15) is 4.98 Å². The number of rotatable bonds is 7. The summed E-state index contributed by atoms with van der Waals surface area (Å²) >= 11 is 0. The van der Waals surface area contributed by atoms with Gasteiger partial charge in [0.05, 0.1) is 0 Å². The zero-order chi connectivity index (χ0) is 22.5. The first kappa shape index (κ1) is 21.9. The van der Waals surface area contributed by atoms with E-state index >= 15 is 0 Å². The molecule has 4 rings (SSSR count). The summed E-state index contributed by atoms with van der Waals surface area (Å²) < 4.78 is 5.41. The van der Waals surface area contributed by atoms with Crippen LogP contribution in [0.25, 0.3) is 11.4 Å². The average Bonchev–Trinajstić information content (AvgIpc) is 3.28. The minimum Gasteiger partial charge on any atom is -0.361 e. The van der Waals surface area contributed by atoms with E-state index in [9.17, 15) is 4.79 Å². The van der Waals surface area contributed by atoms with E-state index in [1.54, 1.807) is 6.07 Å². The minimum absolute atomic E-state index is 0.0584. The van der Waals surface area contributed by atoms with Crippen molar-refractivity contribution < 1.29 is 9.32 Å². The zero-order valence-corrected chi connectivity index (χ0v) is 18.9. The van der Waals surface area contributed by atoms with E-state index < -0.39 is 0 Å². The van der Waals surface area contributed by atoms with Crippen molar-refractivity contribution in [2.24, 2.45) is 0 Å². The average molecular weight is 436 g/mol. The third kappa shape index (κ3) is 5.28. The number of carbonyl (C=O) groups is 1. The van der Waals surface area contributed by atoms with Crippen molar-refractivity contribution in [1.82, 2.24) is 30.1 Å². The summed E-state index contributed by atoms with van der Waals surface area (Å²) in [6.45, 7) is 6.04. The molecule has 0 aliphatic carbocycles. The molecule has 0 N–H and O–H groups in total. The van der Waals surface area contributed by atoms with Gasteiger partial charge in [-0.15, -0.1) is 10.2 Å². The predicted octanol–water partition coefficient (Wildman–Crippen LogP) is 2.29. The maximum Gasteiger partial charge on any atom is 0.274 e. The first-order chi connectivity index (χ1) is 15.5. The smallest absolute Gasteiger partial charge is 0.274 e. The van der Waals surface area contributed by atoms with Crippen molar-refractivity contribution >= 4 is 11.7 Å². The molecule has 1 fully saturated rings. The molecule has 1 amide bonds. The summed E-state index contributed by atoms with van der Waals surface area (Å²) in [7, 11) is 3.79.